The summed E-state index contributed by atoms with van der Waals surface area (Å²) in [7, 11) is -3.13. The summed E-state index contributed by atoms with van der Waals surface area (Å²) in [5.74, 6) is 5.70. The molecule has 0 amide bonds. The number of nitrogens with two attached hydrogens (primary N) is 1. The number of thiophene rings is 1. The van der Waals surface area contributed by atoms with Gasteiger partial charge in [0.25, 0.3) is 0 Å². The highest BCUT2D eigenvalue weighted by molar-refractivity contribution is 7.88. The molecular formula is C9H11ClN2O2S2. The van der Waals surface area contributed by atoms with Crippen LogP contribution in [0, 0.1) is 11.8 Å². The predicted molar refractivity (Wildman–Crippen MR) is 68.1 cm³/mol. The lowest BCUT2D eigenvalue weighted by Crippen LogP contribution is -2.22. The molecule has 0 aliphatic carbocycles. The lowest BCUT2D eigenvalue weighted by Gasteiger charge is -1.95. The molecule has 1 aromatic heterocycles. The van der Waals surface area contributed by atoms with Gasteiger partial charge in [-0.25, -0.2) is 13.1 Å². The van der Waals surface area contributed by atoms with E-state index in [1.165, 1.54) is 11.3 Å². The Labute approximate surface area is 104 Å². The molecule has 0 fully saturated rings. The fourth-order valence-corrected chi connectivity index (χ4v) is 2.35. The quantitative estimate of drug-likeness (QED) is 0.646. The van der Waals surface area contributed by atoms with Gasteiger partial charge in [0, 0.05) is 13.0 Å². The minimum atomic E-state index is -3.13. The largest absolute Gasteiger partial charge is 0.389 e. The zero-order chi connectivity index (χ0) is 12.2. The Bertz CT molecular complexity index is 506. The number of halogens is 1. The van der Waals surface area contributed by atoms with Crippen molar-refractivity contribution in [1.82, 2.24) is 4.72 Å². The van der Waals surface area contributed by atoms with Crippen molar-refractivity contribution in [3.63, 3.8) is 0 Å². The summed E-state index contributed by atoms with van der Waals surface area (Å²) in [6.07, 6.45) is 1.56. The lowest BCUT2D eigenvalue weighted by molar-refractivity contribution is 0.588. The third-order valence-electron chi connectivity index (χ3n) is 1.54. The third kappa shape index (κ3) is 4.86. The molecule has 0 unspecified atom stereocenters. The highest BCUT2D eigenvalue weighted by Crippen LogP contribution is 2.28. The Balaban J connectivity index is 2.44. The van der Waals surface area contributed by atoms with Gasteiger partial charge in [0.2, 0.25) is 10.0 Å². The molecule has 1 aromatic rings. The molecule has 1 heterocycles. The molecule has 3 N–H and O–H groups in total. The van der Waals surface area contributed by atoms with Gasteiger partial charge in [-0.05, 0) is 6.07 Å². The van der Waals surface area contributed by atoms with Gasteiger partial charge < -0.3 is 5.73 Å². The highest BCUT2D eigenvalue weighted by atomic mass is 35.5. The Hall–Kier alpha value is -0.740. The molecule has 88 valence electrons. The van der Waals surface area contributed by atoms with Crippen LogP contribution >= 0.6 is 22.9 Å². The van der Waals surface area contributed by atoms with Gasteiger partial charge in [-0.1, -0.05) is 23.4 Å². The fourth-order valence-electron chi connectivity index (χ4n) is 0.893. The van der Waals surface area contributed by atoms with E-state index in [0.717, 1.165) is 11.1 Å². The van der Waals surface area contributed by atoms with Gasteiger partial charge in [0.1, 0.15) is 5.00 Å². The molecule has 1 rings (SSSR count). The number of anilines is 1. The summed E-state index contributed by atoms with van der Waals surface area (Å²) in [6, 6.07) is 1.69. The molecule has 4 nitrogen and oxygen atoms in total. The van der Waals surface area contributed by atoms with E-state index in [1.54, 1.807) is 6.07 Å². The van der Waals surface area contributed by atoms with Crippen LogP contribution in [0.2, 0.25) is 5.02 Å². The first kappa shape index (κ1) is 13.3. The molecule has 7 heteroatoms. The fraction of sp³-hybridized carbons (Fsp3) is 0.333. The number of hydrogen-bond acceptors (Lipinski definition) is 4. The third-order valence-corrected chi connectivity index (χ3v) is 3.57. The van der Waals surface area contributed by atoms with E-state index in [4.69, 9.17) is 17.3 Å². The average molecular weight is 279 g/mol. The SMILES string of the molecule is CS(=O)(=O)NCCC#Cc1cc(Cl)c(N)s1. The first-order chi connectivity index (χ1) is 7.38. The van der Waals surface area contributed by atoms with Crippen molar-refractivity contribution in [2.24, 2.45) is 0 Å². The second-order valence-electron chi connectivity index (χ2n) is 3.04. The van der Waals surface area contributed by atoms with E-state index < -0.39 is 10.0 Å². The van der Waals surface area contributed by atoms with E-state index >= 15 is 0 Å². The molecular weight excluding hydrogens is 268 g/mol. The maximum atomic E-state index is 10.7. The zero-order valence-electron chi connectivity index (χ0n) is 8.58. The number of nitrogen functional groups attached to an aromatic ring is 1. The standard InChI is InChI=1S/C9H11ClN2O2S2/c1-16(13,14)12-5-3-2-4-7-6-8(10)9(11)15-7/h6,12H,3,5,11H2,1H3. The number of rotatable bonds is 3. The van der Waals surface area contributed by atoms with Gasteiger partial charge >= 0.3 is 0 Å². The molecule has 0 aliphatic heterocycles. The van der Waals surface area contributed by atoms with Crippen molar-refractivity contribution in [3.8, 4) is 11.8 Å². The van der Waals surface area contributed by atoms with Crippen LogP contribution in [-0.2, 0) is 10.0 Å². The molecule has 0 bridgehead atoms. The topological polar surface area (TPSA) is 72.2 Å². The number of sulfonamides is 1. The zero-order valence-corrected chi connectivity index (χ0v) is 11.0. The van der Waals surface area contributed by atoms with Crippen molar-refractivity contribution < 1.29 is 8.42 Å². The van der Waals surface area contributed by atoms with Crippen LogP contribution in [0.4, 0.5) is 5.00 Å². The van der Waals surface area contributed by atoms with Gasteiger partial charge in [-0.3, -0.25) is 0 Å². The maximum absolute atomic E-state index is 10.7. The second-order valence-corrected chi connectivity index (χ2v) is 6.37. The van der Waals surface area contributed by atoms with Crippen molar-refractivity contribution in [3.05, 3.63) is 16.0 Å². The molecule has 0 aliphatic rings. The van der Waals surface area contributed by atoms with Gasteiger partial charge in [-0.15, -0.1) is 11.3 Å². The number of hydrogen-bond donors (Lipinski definition) is 2. The van der Waals surface area contributed by atoms with E-state index in [1.807, 2.05) is 0 Å². The number of nitrogens with one attached hydrogen (secondary N) is 1. The lowest BCUT2D eigenvalue weighted by atomic mass is 10.4. The monoisotopic (exact) mass is 278 g/mol. The Morgan fingerprint density at radius 3 is 2.81 bits per heavy atom. The second kappa shape index (κ2) is 5.55. The van der Waals surface area contributed by atoms with E-state index in [2.05, 4.69) is 16.6 Å². The predicted octanol–water partition coefficient (Wildman–Crippen LogP) is 1.27. The normalized spacial score (nSPS) is 10.9. The Kier molecular flexibility index (Phi) is 4.62. The van der Waals surface area contributed by atoms with Crippen LogP contribution < -0.4 is 10.5 Å². The average Bonchev–Trinajstić information content (AvgIpc) is 2.44. The molecule has 0 saturated heterocycles. The summed E-state index contributed by atoms with van der Waals surface area (Å²) < 4.78 is 23.8. The van der Waals surface area contributed by atoms with Crippen molar-refractivity contribution >= 4 is 38.0 Å². The van der Waals surface area contributed by atoms with Crippen LogP contribution in [-0.4, -0.2) is 21.2 Å². The van der Waals surface area contributed by atoms with Crippen LogP contribution in [0.1, 0.15) is 11.3 Å². The minimum Gasteiger partial charge on any atom is -0.389 e. The van der Waals surface area contributed by atoms with Crippen LogP contribution in [0.25, 0.3) is 0 Å². The van der Waals surface area contributed by atoms with Gasteiger partial charge in [0.15, 0.2) is 0 Å². The summed E-state index contributed by atoms with van der Waals surface area (Å²) in [6.45, 7) is 0.306. The minimum absolute atomic E-state index is 0.306. The van der Waals surface area contributed by atoms with E-state index in [-0.39, 0.29) is 0 Å². The summed E-state index contributed by atoms with van der Waals surface area (Å²) in [5, 5.41) is 1.05. The first-order valence-electron chi connectivity index (χ1n) is 4.37. The summed E-state index contributed by atoms with van der Waals surface area (Å²) in [5.41, 5.74) is 5.56. The highest BCUT2D eigenvalue weighted by Gasteiger charge is 2.00. The maximum Gasteiger partial charge on any atom is 0.208 e. The molecule has 0 spiro atoms. The van der Waals surface area contributed by atoms with Crippen molar-refractivity contribution in [1.29, 1.82) is 0 Å². The van der Waals surface area contributed by atoms with Gasteiger partial charge in [-0.2, -0.15) is 0 Å². The first-order valence-corrected chi connectivity index (χ1v) is 7.45. The van der Waals surface area contributed by atoms with Crippen LogP contribution in [0.3, 0.4) is 0 Å². The van der Waals surface area contributed by atoms with Crippen LogP contribution in [0.15, 0.2) is 6.07 Å². The molecule has 0 atom stereocenters. The molecule has 0 saturated carbocycles. The molecule has 0 aromatic carbocycles. The van der Waals surface area contributed by atoms with Crippen LogP contribution in [0.5, 0.6) is 0 Å². The molecule has 16 heavy (non-hydrogen) atoms. The van der Waals surface area contributed by atoms with Gasteiger partial charge in [0.05, 0.1) is 16.2 Å². The van der Waals surface area contributed by atoms with Crippen molar-refractivity contribution in [2.45, 2.75) is 6.42 Å². The van der Waals surface area contributed by atoms with Crippen molar-refractivity contribution in [2.75, 3.05) is 18.5 Å². The van der Waals surface area contributed by atoms with E-state index in [9.17, 15) is 8.42 Å². The molecule has 0 radical (unpaired) electrons. The Morgan fingerprint density at radius 1 is 1.62 bits per heavy atom. The smallest absolute Gasteiger partial charge is 0.208 e. The summed E-state index contributed by atoms with van der Waals surface area (Å²) in [4.78, 5) is 0.779. The van der Waals surface area contributed by atoms with E-state index in [0.29, 0.717) is 23.0 Å². The Morgan fingerprint density at radius 2 is 2.31 bits per heavy atom. The summed E-state index contributed by atoms with van der Waals surface area (Å²) >= 11 is 7.07.